The van der Waals surface area contributed by atoms with E-state index < -0.39 is 0 Å². The van der Waals surface area contributed by atoms with E-state index in [2.05, 4.69) is 15.5 Å². The Balaban J connectivity index is 2.09. The Morgan fingerprint density at radius 2 is 2.20 bits per heavy atom. The first-order valence-corrected chi connectivity index (χ1v) is 6.87. The van der Waals surface area contributed by atoms with Crippen molar-refractivity contribution in [1.82, 2.24) is 15.5 Å². The molecule has 20 heavy (non-hydrogen) atoms. The molecule has 1 aromatic heterocycles. The summed E-state index contributed by atoms with van der Waals surface area (Å²) in [5.41, 5.74) is 0.993. The molecule has 1 aromatic carbocycles. The second-order valence-electron chi connectivity index (χ2n) is 4.75. The molecule has 0 fully saturated rings. The van der Waals surface area contributed by atoms with Crippen molar-refractivity contribution < 1.29 is 9.26 Å². The molecule has 0 bridgehead atoms. The number of aromatic nitrogens is 2. The lowest BCUT2D eigenvalue weighted by Gasteiger charge is -2.11. The maximum atomic E-state index is 6.17. The van der Waals surface area contributed by atoms with Gasteiger partial charge in [-0.3, -0.25) is 0 Å². The molecule has 0 unspecified atom stereocenters. The van der Waals surface area contributed by atoms with Crippen molar-refractivity contribution in [3.63, 3.8) is 0 Å². The standard InChI is InChI=1S/C14H18ClN3O2/c1-9(2)14-17-12(18-20-14)8-19-13-10(7-16-3)5-4-6-11(13)15/h4-6,9,16H,7-8H2,1-3H3. The Kier molecular flexibility index (Phi) is 4.98. The predicted molar refractivity (Wildman–Crippen MR) is 76.9 cm³/mol. The molecule has 0 atom stereocenters. The lowest BCUT2D eigenvalue weighted by Crippen LogP contribution is -2.08. The van der Waals surface area contributed by atoms with Gasteiger partial charge in [0.25, 0.3) is 0 Å². The summed E-state index contributed by atoms with van der Waals surface area (Å²) in [6.07, 6.45) is 0. The van der Waals surface area contributed by atoms with Crippen LogP contribution in [0, 0.1) is 0 Å². The molecule has 2 aromatic rings. The fourth-order valence-corrected chi connectivity index (χ4v) is 1.99. The minimum Gasteiger partial charge on any atom is -0.484 e. The summed E-state index contributed by atoms with van der Waals surface area (Å²) in [5, 5.41) is 7.54. The number of nitrogens with one attached hydrogen (secondary N) is 1. The first-order valence-electron chi connectivity index (χ1n) is 6.49. The highest BCUT2D eigenvalue weighted by Crippen LogP contribution is 2.29. The number of halogens is 1. The van der Waals surface area contributed by atoms with Crippen LogP contribution in [-0.2, 0) is 13.2 Å². The number of ether oxygens (including phenoxy) is 1. The Labute approximate surface area is 123 Å². The average Bonchev–Trinajstić information content (AvgIpc) is 2.87. The number of benzene rings is 1. The zero-order chi connectivity index (χ0) is 14.5. The number of rotatable bonds is 6. The van der Waals surface area contributed by atoms with E-state index in [1.165, 1.54) is 0 Å². The maximum Gasteiger partial charge on any atom is 0.229 e. The molecule has 1 heterocycles. The molecule has 108 valence electrons. The van der Waals surface area contributed by atoms with Gasteiger partial charge in [-0.15, -0.1) is 0 Å². The summed E-state index contributed by atoms with van der Waals surface area (Å²) in [5.74, 6) is 1.98. The molecule has 0 aliphatic carbocycles. The number of nitrogens with zero attached hydrogens (tertiary/aromatic N) is 2. The Bertz CT molecular complexity index is 569. The van der Waals surface area contributed by atoms with Gasteiger partial charge >= 0.3 is 0 Å². The molecule has 5 nitrogen and oxygen atoms in total. The largest absolute Gasteiger partial charge is 0.484 e. The van der Waals surface area contributed by atoms with E-state index >= 15 is 0 Å². The van der Waals surface area contributed by atoms with E-state index in [0.29, 0.717) is 29.0 Å². The average molecular weight is 296 g/mol. The quantitative estimate of drug-likeness (QED) is 0.887. The van der Waals surface area contributed by atoms with E-state index in [1.54, 1.807) is 6.07 Å². The second-order valence-corrected chi connectivity index (χ2v) is 5.16. The highest BCUT2D eigenvalue weighted by Gasteiger charge is 2.12. The molecule has 0 amide bonds. The third-order valence-electron chi connectivity index (χ3n) is 2.74. The maximum absolute atomic E-state index is 6.17. The molecule has 0 saturated heterocycles. The number of hydrogen-bond donors (Lipinski definition) is 1. The fraction of sp³-hybridized carbons (Fsp3) is 0.429. The van der Waals surface area contributed by atoms with Gasteiger partial charge in [-0.25, -0.2) is 0 Å². The minimum atomic E-state index is 0.205. The van der Waals surface area contributed by atoms with Crippen LogP contribution in [-0.4, -0.2) is 17.2 Å². The molecular weight excluding hydrogens is 278 g/mol. The summed E-state index contributed by atoms with van der Waals surface area (Å²) < 4.78 is 10.9. The molecule has 0 aliphatic rings. The molecule has 0 spiro atoms. The normalized spacial score (nSPS) is 11.1. The van der Waals surface area contributed by atoms with Crippen LogP contribution in [0.25, 0.3) is 0 Å². The van der Waals surface area contributed by atoms with Crippen LogP contribution < -0.4 is 10.1 Å². The molecule has 0 saturated carbocycles. The van der Waals surface area contributed by atoms with Gasteiger partial charge in [0.1, 0.15) is 5.75 Å². The van der Waals surface area contributed by atoms with Gasteiger partial charge in [0.05, 0.1) is 5.02 Å². The smallest absolute Gasteiger partial charge is 0.229 e. The van der Waals surface area contributed by atoms with E-state index in [9.17, 15) is 0 Å². The summed E-state index contributed by atoms with van der Waals surface area (Å²) in [6.45, 7) is 4.91. The van der Waals surface area contributed by atoms with Crippen molar-refractivity contribution in [3.05, 3.63) is 40.5 Å². The Morgan fingerprint density at radius 1 is 1.40 bits per heavy atom. The highest BCUT2D eigenvalue weighted by molar-refractivity contribution is 6.32. The lowest BCUT2D eigenvalue weighted by atomic mass is 10.2. The van der Waals surface area contributed by atoms with E-state index in [4.69, 9.17) is 20.9 Å². The van der Waals surface area contributed by atoms with Crippen molar-refractivity contribution in [2.45, 2.75) is 32.9 Å². The fourth-order valence-electron chi connectivity index (χ4n) is 1.74. The van der Waals surface area contributed by atoms with Gasteiger partial charge in [0.15, 0.2) is 6.61 Å². The third-order valence-corrected chi connectivity index (χ3v) is 3.04. The Morgan fingerprint density at radius 3 is 2.85 bits per heavy atom. The zero-order valence-electron chi connectivity index (χ0n) is 11.8. The van der Waals surface area contributed by atoms with Crippen LogP contribution >= 0.6 is 11.6 Å². The van der Waals surface area contributed by atoms with Crippen molar-refractivity contribution in [3.8, 4) is 5.75 Å². The highest BCUT2D eigenvalue weighted by atomic mass is 35.5. The molecule has 6 heteroatoms. The van der Waals surface area contributed by atoms with Crippen LogP contribution in [0.3, 0.4) is 0 Å². The van der Waals surface area contributed by atoms with Gasteiger partial charge in [-0.2, -0.15) is 4.98 Å². The first kappa shape index (κ1) is 14.8. The topological polar surface area (TPSA) is 60.2 Å². The SMILES string of the molecule is CNCc1cccc(Cl)c1OCc1noc(C(C)C)n1. The Hall–Kier alpha value is -1.59. The molecule has 2 rings (SSSR count). The molecular formula is C14H18ClN3O2. The van der Waals surface area contributed by atoms with Crippen molar-refractivity contribution >= 4 is 11.6 Å². The lowest BCUT2D eigenvalue weighted by molar-refractivity contribution is 0.281. The summed E-state index contributed by atoms with van der Waals surface area (Å²) in [6, 6.07) is 5.66. The van der Waals surface area contributed by atoms with E-state index in [-0.39, 0.29) is 12.5 Å². The summed E-state index contributed by atoms with van der Waals surface area (Å²) in [7, 11) is 1.87. The third kappa shape index (κ3) is 3.49. The predicted octanol–water partition coefficient (Wildman–Crippen LogP) is 3.14. The van der Waals surface area contributed by atoms with Gasteiger partial charge in [0.2, 0.25) is 11.7 Å². The van der Waals surface area contributed by atoms with E-state index in [1.807, 2.05) is 33.0 Å². The van der Waals surface area contributed by atoms with Crippen LogP contribution in [0.4, 0.5) is 0 Å². The van der Waals surface area contributed by atoms with Gasteiger partial charge < -0.3 is 14.6 Å². The number of hydrogen-bond acceptors (Lipinski definition) is 5. The van der Waals surface area contributed by atoms with Crippen molar-refractivity contribution in [2.24, 2.45) is 0 Å². The van der Waals surface area contributed by atoms with Gasteiger partial charge in [-0.1, -0.05) is 42.7 Å². The summed E-state index contributed by atoms with van der Waals surface area (Å²) >= 11 is 6.17. The van der Waals surface area contributed by atoms with Crippen LogP contribution in [0.15, 0.2) is 22.7 Å². The molecule has 0 aliphatic heterocycles. The van der Waals surface area contributed by atoms with Crippen LogP contribution in [0.2, 0.25) is 5.02 Å². The summed E-state index contributed by atoms with van der Waals surface area (Å²) in [4.78, 5) is 4.27. The second kappa shape index (κ2) is 6.72. The van der Waals surface area contributed by atoms with Crippen LogP contribution in [0.5, 0.6) is 5.75 Å². The van der Waals surface area contributed by atoms with Gasteiger partial charge in [-0.05, 0) is 13.1 Å². The minimum absolute atomic E-state index is 0.205. The van der Waals surface area contributed by atoms with E-state index in [0.717, 1.165) is 5.56 Å². The van der Waals surface area contributed by atoms with Crippen molar-refractivity contribution in [2.75, 3.05) is 7.05 Å². The zero-order valence-corrected chi connectivity index (χ0v) is 12.6. The first-order chi connectivity index (χ1) is 9.61. The van der Waals surface area contributed by atoms with Gasteiger partial charge in [0, 0.05) is 18.0 Å². The number of para-hydroxylation sites is 1. The monoisotopic (exact) mass is 295 g/mol. The van der Waals surface area contributed by atoms with Crippen LogP contribution in [0.1, 0.15) is 37.0 Å². The van der Waals surface area contributed by atoms with Crippen molar-refractivity contribution in [1.29, 1.82) is 0 Å². The molecule has 1 N–H and O–H groups in total. The molecule has 0 radical (unpaired) electrons.